The number of thiazole rings is 1. The molecular formula is C14H26N4O2S. The van der Waals surface area contributed by atoms with E-state index in [9.17, 15) is 4.79 Å². The molecule has 0 aliphatic carbocycles. The summed E-state index contributed by atoms with van der Waals surface area (Å²) in [5.41, 5.74) is 5.88. The topological polar surface area (TPSA) is 82.7 Å². The van der Waals surface area contributed by atoms with Crippen LogP contribution < -0.4 is 10.6 Å². The van der Waals surface area contributed by atoms with Crippen molar-refractivity contribution in [3.8, 4) is 0 Å². The predicted molar refractivity (Wildman–Crippen MR) is 88.0 cm³/mol. The van der Waals surface area contributed by atoms with Gasteiger partial charge in [-0.2, -0.15) is 0 Å². The summed E-state index contributed by atoms with van der Waals surface area (Å²) in [7, 11) is 3.73. The normalized spacial score (nSPS) is 10.7. The highest BCUT2D eigenvalue weighted by Crippen LogP contribution is 2.28. The Balaban J connectivity index is 2.64. The molecule has 6 nitrogen and oxygen atoms in total. The number of nitrogen functional groups attached to an aromatic ring is 1. The van der Waals surface area contributed by atoms with Crippen LogP contribution in [0.2, 0.25) is 0 Å². The van der Waals surface area contributed by atoms with Crippen molar-refractivity contribution in [1.29, 1.82) is 0 Å². The van der Waals surface area contributed by atoms with Gasteiger partial charge in [0, 0.05) is 33.8 Å². The second-order valence-corrected chi connectivity index (χ2v) is 6.12. The molecule has 1 heterocycles. The van der Waals surface area contributed by atoms with Gasteiger partial charge in [-0.3, -0.25) is 4.79 Å². The van der Waals surface area contributed by atoms with Gasteiger partial charge >= 0.3 is 0 Å². The standard InChI is InChI=1S/C14H26N4O2S/c1-4-8-18(3)14-16-12(15)11(21-14)13(20)17(2)9-6-5-7-10-19/h19H,4-10,15H2,1-3H3. The van der Waals surface area contributed by atoms with Gasteiger partial charge in [0.15, 0.2) is 5.13 Å². The minimum absolute atomic E-state index is 0.0786. The zero-order valence-electron chi connectivity index (χ0n) is 13.1. The molecule has 21 heavy (non-hydrogen) atoms. The summed E-state index contributed by atoms with van der Waals surface area (Å²) < 4.78 is 0. The van der Waals surface area contributed by atoms with Gasteiger partial charge in [0.05, 0.1) is 0 Å². The highest BCUT2D eigenvalue weighted by Gasteiger charge is 2.20. The number of nitrogens with two attached hydrogens (primary N) is 1. The minimum atomic E-state index is -0.0786. The lowest BCUT2D eigenvalue weighted by molar-refractivity contribution is 0.0797. The average Bonchev–Trinajstić information content (AvgIpc) is 2.85. The Kier molecular flexibility index (Phi) is 7.45. The molecule has 120 valence electrons. The molecule has 1 aromatic rings. The van der Waals surface area contributed by atoms with E-state index >= 15 is 0 Å². The lowest BCUT2D eigenvalue weighted by atomic mass is 10.2. The Hall–Kier alpha value is -1.34. The largest absolute Gasteiger partial charge is 0.396 e. The molecule has 1 amide bonds. The number of hydrogen-bond donors (Lipinski definition) is 2. The smallest absolute Gasteiger partial charge is 0.267 e. The Morgan fingerprint density at radius 3 is 2.62 bits per heavy atom. The van der Waals surface area contributed by atoms with Gasteiger partial charge in [0.1, 0.15) is 10.7 Å². The van der Waals surface area contributed by atoms with Gasteiger partial charge in [-0.15, -0.1) is 0 Å². The fourth-order valence-corrected chi connectivity index (χ4v) is 2.95. The van der Waals surface area contributed by atoms with Crippen molar-refractivity contribution < 1.29 is 9.90 Å². The van der Waals surface area contributed by atoms with Crippen molar-refractivity contribution in [2.45, 2.75) is 32.6 Å². The van der Waals surface area contributed by atoms with Crippen LogP contribution in [0.25, 0.3) is 0 Å². The Morgan fingerprint density at radius 1 is 1.29 bits per heavy atom. The molecule has 0 spiro atoms. The van der Waals surface area contributed by atoms with E-state index in [0.717, 1.165) is 37.4 Å². The first-order chi connectivity index (χ1) is 10.0. The summed E-state index contributed by atoms with van der Waals surface area (Å²) in [6.07, 6.45) is 3.58. The summed E-state index contributed by atoms with van der Waals surface area (Å²) in [5, 5.41) is 9.53. The highest BCUT2D eigenvalue weighted by atomic mass is 32.1. The summed E-state index contributed by atoms with van der Waals surface area (Å²) in [6.45, 7) is 3.85. The monoisotopic (exact) mass is 314 g/mol. The number of hydrogen-bond acceptors (Lipinski definition) is 6. The van der Waals surface area contributed by atoms with Gasteiger partial charge < -0.3 is 20.6 Å². The van der Waals surface area contributed by atoms with E-state index in [1.807, 2.05) is 11.9 Å². The summed E-state index contributed by atoms with van der Waals surface area (Å²) in [6, 6.07) is 0. The average molecular weight is 314 g/mol. The summed E-state index contributed by atoms with van der Waals surface area (Å²) in [5.74, 6) is 0.232. The van der Waals surface area contributed by atoms with Crippen LogP contribution in [0, 0.1) is 0 Å². The van der Waals surface area contributed by atoms with Gasteiger partial charge in [-0.1, -0.05) is 18.3 Å². The van der Waals surface area contributed by atoms with Crippen molar-refractivity contribution in [2.75, 3.05) is 44.4 Å². The summed E-state index contributed by atoms with van der Waals surface area (Å²) in [4.78, 5) is 20.9. The molecule has 0 radical (unpaired) electrons. The fourth-order valence-electron chi connectivity index (χ4n) is 1.98. The molecule has 0 aromatic carbocycles. The number of nitrogens with zero attached hydrogens (tertiary/aromatic N) is 3. The third-order valence-electron chi connectivity index (χ3n) is 3.22. The zero-order chi connectivity index (χ0) is 15.8. The van der Waals surface area contributed by atoms with Crippen LogP contribution in [-0.4, -0.2) is 54.7 Å². The van der Waals surface area contributed by atoms with Gasteiger partial charge in [-0.05, 0) is 25.7 Å². The van der Waals surface area contributed by atoms with Gasteiger partial charge in [0.25, 0.3) is 5.91 Å². The third kappa shape index (κ3) is 5.17. The molecular weight excluding hydrogens is 288 g/mol. The number of aliphatic hydroxyl groups excluding tert-OH is 1. The molecule has 0 aliphatic rings. The maximum Gasteiger partial charge on any atom is 0.267 e. The van der Waals surface area contributed by atoms with Crippen LogP contribution in [0.15, 0.2) is 0 Å². The predicted octanol–water partition coefficient (Wildman–Crippen LogP) is 1.81. The van der Waals surface area contributed by atoms with Crippen molar-refractivity contribution in [2.24, 2.45) is 0 Å². The van der Waals surface area contributed by atoms with Crippen LogP contribution in [-0.2, 0) is 0 Å². The van der Waals surface area contributed by atoms with E-state index in [2.05, 4.69) is 11.9 Å². The first-order valence-electron chi connectivity index (χ1n) is 7.35. The zero-order valence-corrected chi connectivity index (χ0v) is 13.9. The molecule has 0 saturated carbocycles. The maximum atomic E-state index is 12.4. The molecule has 1 aromatic heterocycles. The molecule has 0 bridgehead atoms. The Bertz CT molecular complexity index is 450. The number of unbranched alkanes of at least 4 members (excludes halogenated alkanes) is 2. The molecule has 3 N–H and O–H groups in total. The minimum Gasteiger partial charge on any atom is -0.396 e. The molecule has 0 saturated heterocycles. The Labute approximate surface area is 130 Å². The quantitative estimate of drug-likeness (QED) is 0.679. The van der Waals surface area contributed by atoms with E-state index in [1.165, 1.54) is 11.3 Å². The van der Waals surface area contributed by atoms with Crippen LogP contribution in [0.3, 0.4) is 0 Å². The van der Waals surface area contributed by atoms with E-state index in [1.54, 1.807) is 11.9 Å². The molecule has 0 aliphatic heterocycles. The molecule has 0 unspecified atom stereocenters. The van der Waals surface area contributed by atoms with Gasteiger partial charge in [0.2, 0.25) is 0 Å². The van der Waals surface area contributed by atoms with E-state index < -0.39 is 0 Å². The highest BCUT2D eigenvalue weighted by molar-refractivity contribution is 7.18. The summed E-state index contributed by atoms with van der Waals surface area (Å²) >= 11 is 1.35. The number of rotatable bonds is 9. The number of amides is 1. The number of aliphatic hydroxyl groups is 1. The fraction of sp³-hybridized carbons (Fsp3) is 0.714. The van der Waals surface area contributed by atoms with Crippen LogP contribution in [0.1, 0.15) is 42.3 Å². The van der Waals surface area contributed by atoms with Crippen LogP contribution in [0.4, 0.5) is 10.9 Å². The first-order valence-corrected chi connectivity index (χ1v) is 8.16. The van der Waals surface area contributed by atoms with Crippen LogP contribution >= 0.6 is 11.3 Å². The number of aromatic nitrogens is 1. The first kappa shape index (κ1) is 17.7. The number of carbonyl (C=O) groups excluding carboxylic acids is 1. The van der Waals surface area contributed by atoms with Crippen molar-refractivity contribution >= 4 is 28.2 Å². The van der Waals surface area contributed by atoms with E-state index in [4.69, 9.17) is 10.8 Å². The molecule has 7 heteroatoms. The third-order valence-corrected chi connectivity index (χ3v) is 4.39. The lowest BCUT2D eigenvalue weighted by Crippen LogP contribution is -2.27. The second-order valence-electron chi connectivity index (χ2n) is 5.14. The van der Waals surface area contributed by atoms with E-state index in [-0.39, 0.29) is 12.5 Å². The number of carbonyl (C=O) groups is 1. The van der Waals surface area contributed by atoms with Crippen molar-refractivity contribution in [3.05, 3.63) is 4.88 Å². The Morgan fingerprint density at radius 2 is 2.00 bits per heavy atom. The van der Waals surface area contributed by atoms with Gasteiger partial charge in [-0.25, -0.2) is 4.98 Å². The van der Waals surface area contributed by atoms with E-state index in [0.29, 0.717) is 17.2 Å². The number of anilines is 2. The van der Waals surface area contributed by atoms with Crippen molar-refractivity contribution in [1.82, 2.24) is 9.88 Å². The SMILES string of the molecule is CCCN(C)c1nc(N)c(C(=O)N(C)CCCCCO)s1. The molecule has 1 rings (SSSR count). The molecule has 0 fully saturated rings. The second kappa shape index (κ2) is 8.84. The van der Waals surface area contributed by atoms with Crippen molar-refractivity contribution in [3.63, 3.8) is 0 Å². The molecule has 0 atom stereocenters. The van der Waals surface area contributed by atoms with Crippen LogP contribution in [0.5, 0.6) is 0 Å². The maximum absolute atomic E-state index is 12.4. The lowest BCUT2D eigenvalue weighted by Gasteiger charge is -2.16.